The largest absolute Gasteiger partial charge is 0.494 e. The van der Waals surface area contributed by atoms with Gasteiger partial charge in [-0.15, -0.1) is 14.6 Å². The minimum absolute atomic E-state index is 0.0778. The lowest BCUT2D eigenvalue weighted by Crippen LogP contribution is -2.23. The minimum Gasteiger partial charge on any atom is -0.494 e. The molecule has 7 N–H and O–H groups in total. The quantitative estimate of drug-likeness (QED) is 0.0389. The topological polar surface area (TPSA) is 291 Å². The van der Waals surface area contributed by atoms with Crippen molar-refractivity contribution in [2.45, 2.75) is 28.6 Å². The summed E-state index contributed by atoms with van der Waals surface area (Å²) in [5, 5.41) is 49.9. The van der Waals surface area contributed by atoms with E-state index in [-0.39, 0.29) is 28.1 Å². The average Bonchev–Trinajstić information content (AvgIpc) is 2.98. The molecule has 0 unspecified atom stereocenters. The van der Waals surface area contributed by atoms with E-state index < -0.39 is 80.0 Å². The van der Waals surface area contributed by atoms with E-state index in [1.54, 1.807) is 0 Å². The fraction of sp³-hybridized carbons (Fsp3) is 0.115. The molecule has 0 saturated heterocycles. The molecule has 0 atom stereocenters. The molecule has 4 rings (SSSR count). The van der Waals surface area contributed by atoms with Crippen LogP contribution in [0.15, 0.2) is 79.5 Å². The van der Waals surface area contributed by atoms with Crippen LogP contribution in [0.3, 0.4) is 0 Å². The van der Waals surface area contributed by atoms with E-state index in [0.29, 0.717) is 15.5 Å². The molecule has 0 radical (unpaired) electrons. The molecule has 0 aliphatic rings. The molecule has 0 aliphatic heterocycles. The van der Waals surface area contributed by atoms with Gasteiger partial charge < -0.3 is 21.1 Å². The summed E-state index contributed by atoms with van der Waals surface area (Å²) in [5.41, 5.74) is 3.07. The number of nitrogens with two attached hydrogens (primary N) is 1. The van der Waals surface area contributed by atoms with Crippen LogP contribution >= 0.6 is 12.0 Å². The third kappa shape index (κ3) is 7.34. The number of nitrogens with zero attached hydrogens (tertiary/aromatic N) is 4. The van der Waals surface area contributed by atoms with Gasteiger partial charge in [0.1, 0.15) is 5.56 Å². The molecule has 240 valence electrons. The second kappa shape index (κ2) is 13.8. The summed E-state index contributed by atoms with van der Waals surface area (Å²) < 4.78 is 38.0. The summed E-state index contributed by atoms with van der Waals surface area (Å²) in [6.45, 7) is 0. The first-order chi connectivity index (χ1) is 21.7. The number of primary amides is 1. The maximum absolute atomic E-state index is 13.6. The van der Waals surface area contributed by atoms with Crippen molar-refractivity contribution in [1.29, 1.82) is 0 Å². The fourth-order valence-corrected chi connectivity index (χ4v) is 5.41. The Balaban J connectivity index is 1.92. The number of aromatic hydroxyl groups is 1. The molecule has 0 fully saturated rings. The van der Waals surface area contributed by atoms with Crippen LogP contribution in [0.2, 0.25) is 0 Å². The van der Waals surface area contributed by atoms with Gasteiger partial charge in [0, 0.05) is 17.5 Å². The predicted octanol–water partition coefficient (Wildman–Crippen LogP) is 3.31. The first-order valence-corrected chi connectivity index (χ1v) is 14.7. The van der Waals surface area contributed by atoms with Crippen LogP contribution < -0.4 is 11.3 Å². The lowest BCUT2D eigenvalue weighted by atomic mass is 9.90. The van der Waals surface area contributed by atoms with Crippen molar-refractivity contribution in [3.05, 3.63) is 76.2 Å². The molecule has 46 heavy (non-hydrogen) atoms. The molecular formula is C26H21N5O13S2. The molecule has 4 aromatic rings. The van der Waals surface area contributed by atoms with Crippen LogP contribution in [0.25, 0.3) is 16.6 Å². The summed E-state index contributed by atoms with van der Waals surface area (Å²) in [6, 6.07) is 9.34. The highest BCUT2D eigenvalue weighted by Gasteiger charge is 2.25. The second-order valence-electron chi connectivity index (χ2n) is 9.27. The van der Waals surface area contributed by atoms with Crippen molar-refractivity contribution < 1.29 is 57.3 Å². The van der Waals surface area contributed by atoms with E-state index in [9.17, 15) is 47.5 Å². The maximum atomic E-state index is 13.6. The Bertz CT molecular complexity index is 2050. The van der Waals surface area contributed by atoms with Crippen molar-refractivity contribution in [2.75, 3.05) is 0 Å². The number of carboxylic acid groups (broad SMARTS) is 2. The third-order valence-electron chi connectivity index (χ3n) is 6.37. The van der Waals surface area contributed by atoms with Gasteiger partial charge in [-0.25, -0.2) is 9.82 Å². The molecule has 18 nitrogen and oxygen atoms in total. The average molecular weight is 676 g/mol. The minimum atomic E-state index is -4.86. The Hall–Kier alpha value is -5.25. The number of hydrogen-bond donors (Lipinski definition) is 6. The molecule has 1 amide bonds. The highest BCUT2D eigenvalue weighted by Crippen LogP contribution is 2.36. The SMILES string of the molecule is NC(=O)c1cc(N=Nc2ccc(C(CC(=O)O)CC(=O)O)c3ncccc23)c(=O)n(-c2cc(S(=O)(=O)O)ccc2SOOO)c1O. The van der Waals surface area contributed by atoms with Gasteiger partial charge in [-0.2, -0.15) is 8.42 Å². The maximum Gasteiger partial charge on any atom is 0.303 e. The normalized spacial score (nSPS) is 11.8. The van der Waals surface area contributed by atoms with Gasteiger partial charge in [0.05, 0.1) is 51.6 Å². The molecule has 0 saturated carbocycles. The number of carbonyl (C=O) groups excluding carboxylic acids is 1. The van der Waals surface area contributed by atoms with Crippen molar-refractivity contribution in [1.82, 2.24) is 9.55 Å². The monoisotopic (exact) mass is 675 g/mol. The number of benzene rings is 2. The lowest BCUT2D eigenvalue weighted by Gasteiger charge is -2.16. The van der Waals surface area contributed by atoms with Gasteiger partial charge >= 0.3 is 11.9 Å². The van der Waals surface area contributed by atoms with E-state index in [1.807, 2.05) is 0 Å². The van der Waals surface area contributed by atoms with Crippen LogP contribution in [0.4, 0.5) is 11.4 Å². The molecule has 0 bridgehead atoms. The van der Waals surface area contributed by atoms with Crippen molar-refractivity contribution in [2.24, 2.45) is 16.0 Å². The Morgan fingerprint density at radius 3 is 2.30 bits per heavy atom. The van der Waals surface area contributed by atoms with Crippen molar-refractivity contribution in [3.63, 3.8) is 0 Å². The number of aromatic nitrogens is 2. The van der Waals surface area contributed by atoms with Gasteiger partial charge in [0.2, 0.25) is 5.88 Å². The zero-order valence-corrected chi connectivity index (χ0v) is 24.5. The van der Waals surface area contributed by atoms with E-state index in [4.69, 9.17) is 11.0 Å². The van der Waals surface area contributed by atoms with Crippen LogP contribution in [0, 0.1) is 0 Å². The number of carbonyl (C=O) groups is 3. The van der Waals surface area contributed by atoms with Crippen LogP contribution in [-0.4, -0.2) is 60.9 Å². The Labute approximate surface area is 261 Å². The van der Waals surface area contributed by atoms with E-state index in [2.05, 4.69) is 24.6 Å². The molecule has 2 aromatic heterocycles. The third-order valence-corrected chi connectivity index (χ3v) is 7.87. The molecule has 2 heterocycles. The van der Waals surface area contributed by atoms with Gasteiger partial charge in [-0.1, -0.05) is 11.1 Å². The Morgan fingerprint density at radius 1 is 1.02 bits per heavy atom. The number of aliphatic carboxylic acids is 2. The van der Waals surface area contributed by atoms with Crippen LogP contribution in [0.1, 0.15) is 34.7 Å². The number of hydrogen-bond acceptors (Lipinski definition) is 14. The molecule has 20 heteroatoms. The van der Waals surface area contributed by atoms with Crippen LogP contribution in [-0.2, 0) is 29.1 Å². The summed E-state index contributed by atoms with van der Waals surface area (Å²) in [5.74, 6) is -5.71. The highest BCUT2D eigenvalue weighted by molar-refractivity contribution is 7.94. The zero-order valence-electron chi connectivity index (χ0n) is 22.9. The fourth-order valence-electron chi connectivity index (χ4n) is 4.44. The zero-order chi connectivity index (χ0) is 33.8. The summed E-state index contributed by atoms with van der Waals surface area (Å²) in [7, 11) is -4.86. The standard InChI is InChI=1S/C26H21N5O13S2/c27-24(36)16-11-18(26(38)31(25(16)37)19-10-13(46(40,41)42)3-6-20(19)45-44-43-39)30-29-17-5-4-14(23-15(17)2-1-7-28-23)12(8-21(32)33)9-22(34)35/h1-7,10-12,37,39H,8-9H2,(H2,27,36)(H,32,33)(H,34,35)(H,40,41,42). The number of fused-ring (bicyclic) bond motifs is 1. The lowest BCUT2D eigenvalue weighted by molar-refractivity contribution is -0.432. The summed E-state index contributed by atoms with van der Waals surface area (Å²) in [6.07, 6.45) is 0.386. The predicted molar refractivity (Wildman–Crippen MR) is 156 cm³/mol. The first kappa shape index (κ1) is 33.6. The van der Waals surface area contributed by atoms with Gasteiger partial charge in [0.25, 0.3) is 21.6 Å². The van der Waals surface area contributed by atoms with Crippen molar-refractivity contribution >= 4 is 62.3 Å². The smallest absolute Gasteiger partial charge is 0.303 e. The summed E-state index contributed by atoms with van der Waals surface area (Å²) >= 11 is 0.251. The van der Waals surface area contributed by atoms with E-state index in [0.717, 1.165) is 24.3 Å². The molecule has 0 spiro atoms. The number of pyridine rings is 2. The van der Waals surface area contributed by atoms with Crippen LogP contribution in [0.5, 0.6) is 5.88 Å². The van der Waals surface area contributed by atoms with Crippen molar-refractivity contribution in [3.8, 4) is 11.6 Å². The number of carboxylic acids is 2. The number of rotatable bonds is 13. The Kier molecular flexibility index (Phi) is 10.1. The number of azo groups is 1. The highest BCUT2D eigenvalue weighted by atomic mass is 32.2. The Morgan fingerprint density at radius 2 is 1.70 bits per heavy atom. The molecule has 0 aliphatic carbocycles. The number of amides is 1. The van der Waals surface area contributed by atoms with E-state index >= 15 is 0 Å². The summed E-state index contributed by atoms with van der Waals surface area (Å²) in [4.78, 5) is 52.0. The first-order valence-electron chi connectivity index (χ1n) is 12.5. The molecule has 2 aromatic carbocycles. The second-order valence-corrected chi connectivity index (χ2v) is 11.4. The molecular weight excluding hydrogens is 654 g/mol. The van der Waals surface area contributed by atoms with Gasteiger partial charge in [0.15, 0.2) is 5.69 Å². The van der Waals surface area contributed by atoms with Gasteiger partial charge in [-0.05, 0) is 48.0 Å². The van der Waals surface area contributed by atoms with Gasteiger partial charge in [-0.3, -0.25) is 28.7 Å². The van der Waals surface area contributed by atoms with E-state index in [1.165, 1.54) is 30.5 Å².